The van der Waals surface area contributed by atoms with E-state index in [9.17, 15) is 4.79 Å². The first kappa shape index (κ1) is 10.2. The fourth-order valence-electron chi connectivity index (χ4n) is 1.67. The Labute approximate surface area is 88.6 Å². The quantitative estimate of drug-likeness (QED) is 0.808. The average Bonchev–Trinajstić information content (AvgIpc) is 2.86. The summed E-state index contributed by atoms with van der Waals surface area (Å²) in [6, 6.07) is 3.58. The molecule has 4 nitrogen and oxygen atoms in total. The molecule has 1 aliphatic heterocycles. The SMILES string of the molecule is O=C(Cc1ccco1)NCC1CCCO1. The lowest BCUT2D eigenvalue weighted by Crippen LogP contribution is -2.32. The summed E-state index contributed by atoms with van der Waals surface area (Å²) in [6.07, 6.45) is 4.22. The monoisotopic (exact) mass is 209 g/mol. The maximum absolute atomic E-state index is 11.4. The molecular weight excluding hydrogens is 194 g/mol. The van der Waals surface area contributed by atoms with Gasteiger partial charge in [0.2, 0.25) is 5.91 Å². The van der Waals surface area contributed by atoms with Gasteiger partial charge in [0.15, 0.2) is 0 Å². The van der Waals surface area contributed by atoms with Crippen LogP contribution in [0, 0.1) is 0 Å². The van der Waals surface area contributed by atoms with Crippen LogP contribution in [0.5, 0.6) is 0 Å². The number of hydrogen-bond donors (Lipinski definition) is 1. The number of rotatable bonds is 4. The van der Waals surface area contributed by atoms with Crippen LogP contribution in [-0.4, -0.2) is 25.2 Å². The highest BCUT2D eigenvalue weighted by atomic mass is 16.5. The molecule has 0 aromatic carbocycles. The molecule has 1 unspecified atom stereocenters. The fraction of sp³-hybridized carbons (Fsp3) is 0.545. The Bertz CT molecular complexity index is 302. The van der Waals surface area contributed by atoms with Crippen molar-refractivity contribution >= 4 is 5.91 Å². The zero-order valence-electron chi connectivity index (χ0n) is 8.57. The molecular formula is C11H15NO3. The molecule has 15 heavy (non-hydrogen) atoms. The number of ether oxygens (including phenoxy) is 1. The summed E-state index contributed by atoms with van der Waals surface area (Å²) in [7, 11) is 0. The van der Waals surface area contributed by atoms with Gasteiger partial charge in [-0.05, 0) is 25.0 Å². The number of nitrogens with one attached hydrogen (secondary N) is 1. The van der Waals surface area contributed by atoms with Gasteiger partial charge in [-0.3, -0.25) is 4.79 Å². The second-order valence-electron chi connectivity index (χ2n) is 3.70. The normalized spacial score (nSPS) is 20.4. The Kier molecular flexibility index (Phi) is 3.40. The topological polar surface area (TPSA) is 51.5 Å². The van der Waals surface area contributed by atoms with Crippen molar-refractivity contribution in [3.63, 3.8) is 0 Å². The van der Waals surface area contributed by atoms with E-state index in [4.69, 9.17) is 9.15 Å². The molecule has 1 saturated heterocycles. The van der Waals surface area contributed by atoms with Gasteiger partial charge in [-0.1, -0.05) is 0 Å². The molecule has 0 bridgehead atoms. The predicted molar refractivity (Wildman–Crippen MR) is 54.4 cm³/mol. The van der Waals surface area contributed by atoms with Crippen LogP contribution in [0.25, 0.3) is 0 Å². The number of furan rings is 1. The summed E-state index contributed by atoms with van der Waals surface area (Å²) >= 11 is 0. The van der Waals surface area contributed by atoms with Crippen molar-refractivity contribution in [1.29, 1.82) is 0 Å². The second-order valence-corrected chi connectivity index (χ2v) is 3.70. The maximum Gasteiger partial charge on any atom is 0.227 e. The van der Waals surface area contributed by atoms with Crippen molar-refractivity contribution in [3.05, 3.63) is 24.2 Å². The van der Waals surface area contributed by atoms with E-state index < -0.39 is 0 Å². The minimum atomic E-state index is -0.0135. The van der Waals surface area contributed by atoms with E-state index in [-0.39, 0.29) is 12.0 Å². The van der Waals surface area contributed by atoms with E-state index in [0.29, 0.717) is 18.7 Å². The summed E-state index contributed by atoms with van der Waals surface area (Å²) in [5, 5.41) is 2.84. The highest BCUT2D eigenvalue weighted by Crippen LogP contribution is 2.10. The van der Waals surface area contributed by atoms with Crippen molar-refractivity contribution in [2.75, 3.05) is 13.2 Å². The third kappa shape index (κ3) is 3.09. The highest BCUT2D eigenvalue weighted by Gasteiger charge is 2.16. The lowest BCUT2D eigenvalue weighted by Gasteiger charge is -2.09. The molecule has 1 aliphatic rings. The molecule has 0 saturated carbocycles. The van der Waals surface area contributed by atoms with E-state index in [0.717, 1.165) is 19.4 Å². The molecule has 2 rings (SSSR count). The van der Waals surface area contributed by atoms with Crippen LogP contribution in [0.1, 0.15) is 18.6 Å². The average molecular weight is 209 g/mol. The Hall–Kier alpha value is -1.29. The van der Waals surface area contributed by atoms with Gasteiger partial charge in [-0.15, -0.1) is 0 Å². The zero-order valence-corrected chi connectivity index (χ0v) is 8.57. The molecule has 0 spiro atoms. The Morgan fingerprint density at radius 3 is 3.20 bits per heavy atom. The van der Waals surface area contributed by atoms with Crippen molar-refractivity contribution in [3.8, 4) is 0 Å². The molecule has 1 atom stereocenters. The van der Waals surface area contributed by atoms with Gasteiger partial charge < -0.3 is 14.5 Å². The van der Waals surface area contributed by atoms with E-state index in [1.165, 1.54) is 0 Å². The first-order valence-corrected chi connectivity index (χ1v) is 5.25. The van der Waals surface area contributed by atoms with Gasteiger partial charge in [-0.25, -0.2) is 0 Å². The second kappa shape index (κ2) is 4.98. The molecule has 2 heterocycles. The summed E-state index contributed by atoms with van der Waals surface area (Å²) in [5.74, 6) is 0.681. The smallest absolute Gasteiger partial charge is 0.227 e. The Morgan fingerprint density at radius 2 is 2.53 bits per heavy atom. The van der Waals surface area contributed by atoms with E-state index >= 15 is 0 Å². The maximum atomic E-state index is 11.4. The van der Waals surface area contributed by atoms with Gasteiger partial charge in [0, 0.05) is 13.2 Å². The van der Waals surface area contributed by atoms with Gasteiger partial charge >= 0.3 is 0 Å². The first-order chi connectivity index (χ1) is 7.34. The third-order valence-corrected chi connectivity index (χ3v) is 2.47. The van der Waals surface area contributed by atoms with Crippen LogP contribution in [0.3, 0.4) is 0 Å². The number of carbonyl (C=O) groups is 1. The van der Waals surface area contributed by atoms with Crippen LogP contribution in [0.4, 0.5) is 0 Å². The zero-order chi connectivity index (χ0) is 10.5. The van der Waals surface area contributed by atoms with Crippen LogP contribution >= 0.6 is 0 Å². The minimum Gasteiger partial charge on any atom is -0.469 e. The molecule has 0 aliphatic carbocycles. The van der Waals surface area contributed by atoms with Crippen LogP contribution in [0.15, 0.2) is 22.8 Å². The summed E-state index contributed by atoms with van der Waals surface area (Å²) in [5.41, 5.74) is 0. The molecule has 4 heteroatoms. The molecule has 1 aromatic heterocycles. The molecule has 82 valence electrons. The Morgan fingerprint density at radius 1 is 1.60 bits per heavy atom. The van der Waals surface area contributed by atoms with E-state index in [1.54, 1.807) is 18.4 Å². The van der Waals surface area contributed by atoms with Gasteiger partial charge in [0.05, 0.1) is 18.8 Å². The fourth-order valence-corrected chi connectivity index (χ4v) is 1.67. The van der Waals surface area contributed by atoms with E-state index in [2.05, 4.69) is 5.32 Å². The predicted octanol–water partition coefficient (Wildman–Crippen LogP) is 1.12. The minimum absolute atomic E-state index is 0.0135. The molecule has 1 amide bonds. The van der Waals surface area contributed by atoms with Crippen molar-refractivity contribution < 1.29 is 13.9 Å². The van der Waals surface area contributed by atoms with Gasteiger partial charge in [0.25, 0.3) is 0 Å². The van der Waals surface area contributed by atoms with E-state index in [1.807, 2.05) is 0 Å². The van der Waals surface area contributed by atoms with Crippen molar-refractivity contribution in [2.24, 2.45) is 0 Å². The summed E-state index contributed by atoms with van der Waals surface area (Å²) < 4.78 is 10.5. The van der Waals surface area contributed by atoms with Crippen LogP contribution < -0.4 is 5.32 Å². The molecule has 1 aromatic rings. The number of carbonyl (C=O) groups excluding carboxylic acids is 1. The van der Waals surface area contributed by atoms with Gasteiger partial charge in [-0.2, -0.15) is 0 Å². The van der Waals surface area contributed by atoms with Crippen LogP contribution in [0.2, 0.25) is 0 Å². The first-order valence-electron chi connectivity index (χ1n) is 5.25. The standard InChI is InChI=1S/C11H15NO3/c13-11(7-9-3-1-5-14-9)12-8-10-4-2-6-15-10/h1,3,5,10H,2,4,6-8H2,(H,12,13). The summed E-state index contributed by atoms with van der Waals surface area (Å²) in [6.45, 7) is 1.43. The molecule has 1 N–H and O–H groups in total. The number of amides is 1. The van der Waals surface area contributed by atoms with Gasteiger partial charge in [0.1, 0.15) is 5.76 Å². The third-order valence-electron chi connectivity index (χ3n) is 2.47. The molecule has 1 fully saturated rings. The van der Waals surface area contributed by atoms with Crippen LogP contribution in [-0.2, 0) is 16.0 Å². The highest BCUT2D eigenvalue weighted by molar-refractivity contribution is 5.77. The largest absolute Gasteiger partial charge is 0.469 e. The Balaban J connectivity index is 1.68. The molecule has 0 radical (unpaired) electrons. The van der Waals surface area contributed by atoms with Crippen molar-refractivity contribution in [2.45, 2.75) is 25.4 Å². The number of hydrogen-bond acceptors (Lipinski definition) is 3. The lowest BCUT2D eigenvalue weighted by molar-refractivity contribution is -0.121. The van der Waals surface area contributed by atoms with Crippen molar-refractivity contribution in [1.82, 2.24) is 5.32 Å². The summed E-state index contributed by atoms with van der Waals surface area (Å²) in [4.78, 5) is 11.4. The lowest BCUT2D eigenvalue weighted by atomic mass is 10.2.